The Hall–Kier alpha value is -7.93. The summed E-state index contributed by atoms with van der Waals surface area (Å²) in [4.78, 5) is 81.2. The summed E-state index contributed by atoms with van der Waals surface area (Å²) in [5, 5.41) is 28.2. The molecule has 77 heavy (non-hydrogen) atoms. The molecule has 2 aliphatic heterocycles. The van der Waals surface area contributed by atoms with Crippen molar-refractivity contribution < 1.29 is 46.6 Å². The van der Waals surface area contributed by atoms with Gasteiger partial charge in [0.1, 0.15) is 23.2 Å². The van der Waals surface area contributed by atoms with Crippen molar-refractivity contribution >= 4 is 75.3 Å². The minimum Gasteiger partial charge on any atom is -0.391 e. The number of thiocarbonyl (C=S) groups is 1. The van der Waals surface area contributed by atoms with Crippen molar-refractivity contribution in [3.63, 3.8) is 0 Å². The highest BCUT2D eigenvalue weighted by molar-refractivity contribution is 7.81. The predicted octanol–water partition coefficient (Wildman–Crippen LogP) is 8.66. The van der Waals surface area contributed by atoms with Crippen LogP contribution in [-0.2, 0) is 49.5 Å². The number of anilines is 3. The Labute approximate surface area is 450 Å². The van der Waals surface area contributed by atoms with E-state index in [-0.39, 0.29) is 43.4 Å². The lowest BCUT2D eigenvalue weighted by Crippen LogP contribution is -2.58. The smallest absolute Gasteiger partial charge is 0.391 e. The van der Waals surface area contributed by atoms with Crippen LogP contribution in [0.3, 0.4) is 0 Å². The number of nitrogens with one attached hydrogen (secondary N) is 3. The first-order valence-corrected chi connectivity index (χ1v) is 25.6. The molecule has 0 saturated carbocycles. The molecule has 2 fully saturated rings. The Morgan fingerprint density at radius 3 is 2.08 bits per heavy atom. The van der Waals surface area contributed by atoms with Crippen LogP contribution in [0.1, 0.15) is 74.6 Å². The Morgan fingerprint density at radius 1 is 0.883 bits per heavy atom. The largest absolute Gasteiger partial charge is 0.420 e. The number of rotatable bonds is 14. The molecule has 21 heteroatoms. The fourth-order valence-corrected chi connectivity index (χ4v) is 10.6. The van der Waals surface area contributed by atoms with Crippen molar-refractivity contribution in [2.45, 2.75) is 97.3 Å². The quantitative estimate of drug-likeness (QED) is 0.0601. The van der Waals surface area contributed by atoms with Gasteiger partial charge in [0.2, 0.25) is 23.6 Å². The standard InChI is InChI=1S/C56H53F4N9O6S2/c1-31-48(77-30-64-31)36-13-11-34(12-14-36)27-63-50(73)43-25-40(70)29-67(43)51(74)49(54(2,3)4)66-45(72)24-33-9-7-32(8-10-33)23-44(71)65-38-18-15-35(16-19-38)41-21-20-39(28-62-41)69-53(76)68(52(75)55(69,5)6)42-22-17-37(26-61)46(47(42)57)56(58,59)60/h7-22,28,30,40,43,49,70H,23-25,27,29H2,1-6H3,(H,63,73)(H,65,71)(H,66,72)/t40-,43?,49-/m1/s1. The number of pyridine rings is 1. The highest BCUT2D eigenvalue weighted by Gasteiger charge is 2.52. The Morgan fingerprint density at radius 2 is 1.51 bits per heavy atom. The highest BCUT2D eigenvalue weighted by Crippen LogP contribution is 2.42. The number of β-amino-alcohol motifs (C(OH)–C–C–N with tert-alkyl or cyclic N) is 1. The van der Waals surface area contributed by atoms with Crippen molar-refractivity contribution in [1.82, 2.24) is 25.5 Å². The lowest BCUT2D eigenvalue weighted by Gasteiger charge is -2.35. The van der Waals surface area contributed by atoms with Gasteiger partial charge in [0, 0.05) is 30.8 Å². The summed E-state index contributed by atoms with van der Waals surface area (Å²) in [5.41, 5.74) is 2.19. The average molecular weight is 1090 g/mol. The molecule has 15 nitrogen and oxygen atoms in total. The number of hydrogen-bond acceptors (Lipinski definition) is 11. The van der Waals surface area contributed by atoms with Crippen molar-refractivity contribution in [2.75, 3.05) is 21.7 Å². The number of likely N-dealkylation sites (tertiary alicyclic amines) is 1. The highest BCUT2D eigenvalue weighted by atomic mass is 32.1. The van der Waals surface area contributed by atoms with Crippen LogP contribution < -0.4 is 25.8 Å². The Bertz CT molecular complexity index is 3300. The summed E-state index contributed by atoms with van der Waals surface area (Å²) in [5.74, 6) is -4.21. The zero-order valence-electron chi connectivity index (χ0n) is 42.7. The van der Waals surface area contributed by atoms with Crippen LogP contribution in [0, 0.1) is 29.5 Å². The van der Waals surface area contributed by atoms with Gasteiger partial charge in [0.15, 0.2) is 10.9 Å². The van der Waals surface area contributed by atoms with E-state index in [9.17, 15) is 47.5 Å². The van der Waals surface area contributed by atoms with E-state index in [2.05, 4.69) is 25.9 Å². The maximum absolute atomic E-state index is 15.5. The number of halogens is 4. The first-order valence-electron chi connectivity index (χ1n) is 24.3. The third kappa shape index (κ3) is 11.9. The Kier molecular flexibility index (Phi) is 15.8. The molecule has 4 N–H and O–H groups in total. The fraction of sp³-hybridized carbons (Fsp3) is 0.304. The molecule has 4 aromatic carbocycles. The normalized spacial score (nSPS) is 16.8. The summed E-state index contributed by atoms with van der Waals surface area (Å²) in [6.45, 7) is 10.5. The molecule has 2 saturated heterocycles. The lowest BCUT2D eigenvalue weighted by atomic mass is 9.85. The maximum atomic E-state index is 15.5. The fourth-order valence-electron chi connectivity index (χ4n) is 9.31. The number of aliphatic hydroxyl groups is 1. The Balaban J connectivity index is 0.832. The monoisotopic (exact) mass is 1090 g/mol. The molecule has 5 amide bonds. The second kappa shape index (κ2) is 22.0. The number of carbonyl (C=O) groups is 5. The van der Waals surface area contributed by atoms with E-state index in [1.807, 2.05) is 52.0 Å². The summed E-state index contributed by atoms with van der Waals surface area (Å²) < 4.78 is 56.9. The van der Waals surface area contributed by atoms with E-state index in [1.54, 1.807) is 77.5 Å². The minimum absolute atomic E-state index is 0.0176. The summed E-state index contributed by atoms with van der Waals surface area (Å²) in [6.07, 6.45) is -4.71. The zero-order chi connectivity index (χ0) is 55.7. The maximum Gasteiger partial charge on any atom is 0.420 e. The van der Waals surface area contributed by atoms with Gasteiger partial charge in [-0.1, -0.05) is 81.4 Å². The van der Waals surface area contributed by atoms with Crippen molar-refractivity contribution in [3.05, 3.63) is 148 Å². The SMILES string of the molecule is Cc1ncsc1-c1ccc(CNC(=O)C2C[C@@H](O)CN2C(=O)[C@@H](NC(=O)Cc2ccc(CC(=O)Nc3ccc(-c4ccc(N5C(=S)N(c6ccc(C#N)c(C(F)(F)F)c6F)C(=O)C5(C)C)cn4)cc3)cc2)C(C)(C)C)cc1. The number of hydrogen-bond donors (Lipinski definition) is 4. The molecular formula is C56H53F4N9O6S2. The van der Waals surface area contributed by atoms with Gasteiger partial charge in [-0.15, -0.1) is 11.3 Å². The molecule has 0 radical (unpaired) electrons. The van der Waals surface area contributed by atoms with Gasteiger partial charge >= 0.3 is 6.18 Å². The molecule has 2 aliphatic rings. The van der Waals surface area contributed by atoms with Crippen molar-refractivity contribution in [1.29, 1.82) is 5.26 Å². The number of aromatic nitrogens is 2. The van der Waals surface area contributed by atoms with Gasteiger partial charge < -0.3 is 30.9 Å². The topological polar surface area (TPSA) is 201 Å². The van der Waals surface area contributed by atoms with Crippen LogP contribution in [0.25, 0.3) is 21.7 Å². The number of aliphatic hydroxyl groups excluding tert-OH is 1. The molecule has 0 aliphatic carbocycles. The summed E-state index contributed by atoms with van der Waals surface area (Å²) in [7, 11) is 0. The number of thiazole rings is 1. The number of aryl methyl sites for hydroxylation is 1. The number of nitriles is 1. The number of benzene rings is 4. The van der Waals surface area contributed by atoms with E-state index in [0.29, 0.717) is 38.7 Å². The number of nitrogens with zero attached hydrogens (tertiary/aromatic N) is 6. The molecule has 6 aromatic rings. The van der Waals surface area contributed by atoms with Crippen LogP contribution in [0.4, 0.5) is 34.6 Å². The number of amides is 5. The van der Waals surface area contributed by atoms with E-state index < -0.39 is 81.6 Å². The molecule has 4 heterocycles. The van der Waals surface area contributed by atoms with Crippen LogP contribution in [0.2, 0.25) is 0 Å². The molecule has 0 bridgehead atoms. The second-order valence-corrected chi connectivity index (χ2v) is 21.6. The number of alkyl halides is 3. The average Bonchev–Trinajstić information content (AvgIpc) is 4.26. The van der Waals surface area contributed by atoms with Gasteiger partial charge in [-0.2, -0.15) is 18.4 Å². The van der Waals surface area contributed by atoms with E-state index >= 15 is 4.39 Å². The van der Waals surface area contributed by atoms with Gasteiger partial charge in [0.25, 0.3) is 5.91 Å². The molecule has 3 atom stereocenters. The zero-order valence-corrected chi connectivity index (χ0v) is 44.3. The molecule has 398 valence electrons. The van der Waals surface area contributed by atoms with Gasteiger partial charge in [-0.25, -0.2) is 9.37 Å². The van der Waals surface area contributed by atoms with Crippen LogP contribution in [0.15, 0.2) is 109 Å². The van der Waals surface area contributed by atoms with E-state index in [0.717, 1.165) is 33.8 Å². The molecule has 8 rings (SSSR count). The van der Waals surface area contributed by atoms with Gasteiger partial charge in [-0.3, -0.25) is 33.9 Å². The first-order chi connectivity index (χ1) is 36.3. The predicted molar refractivity (Wildman–Crippen MR) is 287 cm³/mol. The van der Waals surface area contributed by atoms with E-state index in [1.165, 1.54) is 35.9 Å². The minimum atomic E-state index is -5.21. The van der Waals surface area contributed by atoms with Crippen molar-refractivity contribution in [3.8, 4) is 27.8 Å². The molecule has 1 unspecified atom stereocenters. The van der Waals surface area contributed by atoms with Crippen molar-refractivity contribution in [2.24, 2.45) is 5.41 Å². The van der Waals surface area contributed by atoms with Crippen LogP contribution in [0.5, 0.6) is 0 Å². The van der Waals surface area contributed by atoms with Crippen LogP contribution in [-0.4, -0.2) is 84.9 Å². The summed E-state index contributed by atoms with van der Waals surface area (Å²) >= 11 is 7.09. The molecule has 2 aromatic heterocycles. The van der Waals surface area contributed by atoms with Crippen LogP contribution >= 0.6 is 23.6 Å². The van der Waals surface area contributed by atoms with Gasteiger partial charge in [-0.05, 0) is 97.1 Å². The molecule has 0 spiro atoms. The lowest BCUT2D eigenvalue weighted by molar-refractivity contribution is -0.144. The third-order valence-electron chi connectivity index (χ3n) is 13.4. The third-order valence-corrected chi connectivity index (χ3v) is 14.7. The van der Waals surface area contributed by atoms with E-state index in [4.69, 9.17) is 12.2 Å². The number of carbonyl (C=O) groups excluding carboxylic acids is 5. The first kappa shape index (κ1) is 55.3. The second-order valence-electron chi connectivity index (χ2n) is 20.4. The molecular weight excluding hydrogens is 1030 g/mol. The van der Waals surface area contributed by atoms with Gasteiger partial charge in [0.05, 0.1) is 69.9 Å². The summed E-state index contributed by atoms with van der Waals surface area (Å²) in [6, 6.07) is 25.9.